The number of nitrogen functional groups attached to an aromatic ring is 2. The smallest absolute Gasteiger partial charge is 0.133 e. The number of nitrogens with two attached hydrogens (primary N) is 2. The second-order valence-electron chi connectivity index (χ2n) is 16.1. The molecule has 6 rings (SSSR count). The minimum Gasteiger partial charge on any atom is -0.457 e. The summed E-state index contributed by atoms with van der Waals surface area (Å²) in [6, 6.07) is 25.0. The summed E-state index contributed by atoms with van der Waals surface area (Å²) in [7, 11) is 0. The Labute approximate surface area is 308 Å². The van der Waals surface area contributed by atoms with Gasteiger partial charge in [-0.05, 0) is 166 Å². The van der Waals surface area contributed by atoms with Crippen LogP contribution in [0.3, 0.4) is 0 Å². The second-order valence-corrected chi connectivity index (χ2v) is 16.1. The molecule has 272 valence electrons. The summed E-state index contributed by atoms with van der Waals surface area (Å²) in [4.78, 5) is 0. The van der Waals surface area contributed by atoms with Crippen molar-refractivity contribution in [1.82, 2.24) is 0 Å². The van der Waals surface area contributed by atoms with Gasteiger partial charge in [-0.3, -0.25) is 0 Å². The normalized spacial score (nSPS) is 19.2. The van der Waals surface area contributed by atoms with Crippen molar-refractivity contribution in [2.45, 2.75) is 130 Å². The van der Waals surface area contributed by atoms with Gasteiger partial charge >= 0.3 is 0 Å². The summed E-state index contributed by atoms with van der Waals surface area (Å²) in [5.74, 6) is 6.18. The van der Waals surface area contributed by atoms with Crippen LogP contribution in [0.1, 0.15) is 130 Å². The molecule has 0 heterocycles. The van der Waals surface area contributed by atoms with E-state index in [0.29, 0.717) is 0 Å². The molecule has 4 heteroatoms. The van der Waals surface area contributed by atoms with E-state index in [1.807, 2.05) is 48.5 Å². The van der Waals surface area contributed by atoms with Gasteiger partial charge in [0.05, 0.1) is 0 Å². The minimum absolute atomic E-state index is 0.0588. The highest BCUT2D eigenvalue weighted by atomic mass is 16.5. The number of hydrogen-bond acceptors (Lipinski definition) is 4. The summed E-state index contributed by atoms with van der Waals surface area (Å²) in [5.41, 5.74) is 20.9. The lowest BCUT2D eigenvalue weighted by molar-refractivity contribution is 0.140. The molecule has 2 fully saturated rings. The quantitative estimate of drug-likeness (QED) is 0.108. The van der Waals surface area contributed by atoms with Crippen molar-refractivity contribution in [2.75, 3.05) is 11.5 Å². The van der Waals surface area contributed by atoms with Crippen molar-refractivity contribution in [3.63, 3.8) is 0 Å². The van der Waals surface area contributed by atoms with Gasteiger partial charge in [0.1, 0.15) is 23.0 Å². The predicted molar refractivity (Wildman–Crippen MR) is 215 cm³/mol. The number of rotatable bonds is 13. The van der Waals surface area contributed by atoms with Gasteiger partial charge in [0, 0.05) is 16.8 Å². The third-order valence-corrected chi connectivity index (χ3v) is 12.4. The molecule has 0 atom stereocenters. The van der Waals surface area contributed by atoms with Crippen LogP contribution in [0.25, 0.3) is 0 Å². The molecular formula is C47H62N2O2. The summed E-state index contributed by atoms with van der Waals surface area (Å²) >= 11 is 0. The van der Waals surface area contributed by atoms with Crippen LogP contribution in [0, 0.1) is 45.4 Å². The summed E-state index contributed by atoms with van der Waals surface area (Å²) in [6.45, 7) is 11.1. The van der Waals surface area contributed by atoms with Crippen LogP contribution in [0.15, 0.2) is 72.8 Å². The third kappa shape index (κ3) is 8.76. The Balaban J connectivity index is 1.25. The fourth-order valence-corrected chi connectivity index (χ4v) is 9.42. The molecule has 0 aliphatic heterocycles. The molecule has 2 aliphatic carbocycles. The molecule has 2 aliphatic rings. The van der Waals surface area contributed by atoms with Crippen LogP contribution in [-0.4, -0.2) is 0 Å². The SMILES string of the molecule is CCCCCCC[C@H]1CC[C@@H](C2CCC(c3cc(C)c(Oc4ccc(N)cc4)c(C)c3)(c3cc(C)c(Oc4ccc(N)cc4)c(C)c3)CC2)CC1. The van der Waals surface area contributed by atoms with E-state index in [-0.39, 0.29) is 5.41 Å². The highest BCUT2D eigenvalue weighted by molar-refractivity contribution is 5.55. The number of ether oxygens (including phenoxy) is 2. The number of unbranched alkanes of at least 4 members (excludes halogenated alkanes) is 4. The van der Waals surface area contributed by atoms with Crippen LogP contribution in [-0.2, 0) is 5.41 Å². The highest BCUT2D eigenvalue weighted by Crippen LogP contribution is 2.52. The Morgan fingerprint density at radius 2 is 0.961 bits per heavy atom. The molecule has 0 saturated heterocycles. The van der Waals surface area contributed by atoms with Gasteiger partial charge in [0.15, 0.2) is 0 Å². The number of hydrogen-bond donors (Lipinski definition) is 2. The lowest BCUT2D eigenvalue weighted by Gasteiger charge is -2.45. The number of benzene rings is 4. The maximum Gasteiger partial charge on any atom is 0.133 e. The van der Waals surface area contributed by atoms with E-state index in [4.69, 9.17) is 20.9 Å². The van der Waals surface area contributed by atoms with Crippen molar-refractivity contribution in [2.24, 2.45) is 17.8 Å². The molecule has 4 aromatic rings. The zero-order valence-corrected chi connectivity index (χ0v) is 32.0. The molecule has 0 amide bonds. The van der Waals surface area contributed by atoms with Gasteiger partial charge in [-0.1, -0.05) is 82.6 Å². The fraction of sp³-hybridized carbons (Fsp3) is 0.489. The van der Waals surface area contributed by atoms with Gasteiger partial charge in [0.25, 0.3) is 0 Å². The first-order valence-corrected chi connectivity index (χ1v) is 20.0. The molecule has 0 spiro atoms. The highest BCUT2D eigenvalue weighted by Gasteiger charge is 2.42. The maximum atomic E-state index is 6.46. The summed E-state index contributed by atoms with van der Waals surface area (Å²) < 4.78 is 12.9. The standard InChI is InChI=1S/C47H62N2O2/c1-6-7-8-9-10-11-36-12-14-37(15-13-36)38-24-26-47(27-25-38,39-28-32(2)45(33(3)29-39)50-43-20-16-41(48)17-21-43)40-30-34(4)46(35(5)31-40)51-44-22-18-42(49)19-23-44/h16-23,28-31,36-38H,6-15,24-27,48-49H2,1-5H3/t36-,37+. The van der Waals surface area contributed by atoms with E-state index >= 15 is 0 Å². The lowest BCUT2D eigenvalue weighted by atomic mass is 9.59. The topological polar surface area (TPSA) is 70.5 Å². The molecule has 0 radical (unpaired) electrons. The predicted octanol–water partition coefficient (Wildman–Crippen LogP) is 13.3. The molecule has 0 aromatic heterocycles. The van der Waals surface area contributed by atoms with Gasteiger partial charge in [-0.2, -0.15) is 0 Å². The molecule has 4 aromatic carbocycles. The van der Waals surface area contributed by atoms with Gasteiger partial charge < -0.3 is 20.9 Å². The average Bonchev–Trinajstić information content (AvgIpc) is 3.13. The van der Waals surface area contributed by atoms with E-state index in [2.05, 4.69) is 58.9 Å². The monoisotopic (exact) mass is 686 g/mol. The average molecular weight is 687 g/mol. The van der Waals surface area contributed by atoms with Crippen molar-refractivity contribution in [3.05, 3.63) is 106 Å². The van der Waals surface area contributed by atoms with Crippen LogP contribution in [0.4, 0.5) is 11.4 Å². The first-order valence-electron chi connectivity index (χ1n) is 20.0. The summed E-state index contributed by atoms with van der Waals surface area (Å²) in [5, 5.41) is 0. The van der Waals surface area contributed by atoms with Crippen molar-refractivity contribution in [3.8, 4) is 23.0 Å². The van der Waals surface area contributed by atoms with Gasteiger partial charge in [0.2, 0.25) is 0 Å². The van der Waals surface area contributed by atoms with E-state index in [1.165, 1.54) is 123 Å². The lowest BCUT2D eigenvalue weighted by Crippen LogP contribution is -2.36. The summed E-state index contributed by atoms with van der Waals surface area (Å²) in [6.07, 6.45) is 19.2. The van der Waals surface area contributed by atoms with Crippen LogP contribution >= 0.6 is 0 Å². The zero-order chi connectivity index (χ0) is 36.0. The molecule has 0 bridgehead atoms. The molecule has 0 unspecified atom stereocenters. The minimum atomic E-state index is -0.0588. The maximum absolute atomic E-state index is 6.46. The molecule has 51 heavy (non-hydrogen) atoms. The first-order chi connectivity index (χ1) is 24.6. The Morgan fingerprint density at radius 3 is 1.39 bits per heavy atom. The molecule has 2 saturated carbocycles. The largest absolute Gasteiger partial charge is 0.457 e. The second kappa shape index (κ2) is 16.6. The van der Waals surface area contributed by atoms with E-state index in [9.17, 15) is 0 Å². The molecule has 4 nitrogen and oxygen atoms in total. The zero-order valence-electron chi connectivity index (χ0n) is 32.0. The van der Waals surface area contributed by atoms with Crippen molar-refractivity contribution in [1.29, 1.82) is 0 Å². The van der Waals surface area contributed by atoms with Gasteiger partial charge in [-0.25, -0.2) is 0 Å². The fourth-order valence-electron chi connectivity index (χ4n) is 9.42. The molecular weight excluding hydrogens is 625 g/mol. The first kappa shape index (κ1) is 36.9. The van der Waals surface area contributed by atoms with Crippen molar-refractivity contribution < 1.29 is 9.47 Å². The van der Waals surface area contributed by atoms with Crippen LogP contribution < -0.4 is 20.9 Å². The third-order valence-electron chi connectivity index (χ3n) is 12.4. The Morgan fingerprint density at radius 1 is 0.549 bits per heavy atom. The Hall–Kier alpha value is -3.92. The van der Waals surface area contributed by atoms with Crippen LogP contribution in [0.5, 0.6) is 23.0 Å². The van der Waals surface area contributed by atoms with E-state index < -0.39 is 0 Å². The van der Waals surface area contributed by atoms with Crippen LogP contribution in [0.2, 0.25) is 0 Å². The van der Waals surface area contributed by atoms with E-state index in [1.54, 1.807) is 0 Å². The van der Waals surface area contributed by atoms with Crippen molar-refractivity contribution >= 4 is 11.4 Å². The Bertz CT molecular complexity index is 1570. The Kier molecular flexibility index (Phi) is 12.0. The number of aryl methyl sites for hydroxylation is 4. The molecule has 4 N–H and O–H groups in total. The number of anilines is 2. The van der Waals surface area contributed by atoms with E-state index in [0.717, 1.165) is 52.1 Å². The van der Waals surface area contributed by atoms with Gasteiger partial charge in [-0.15, -0.1) is 0 Å².